The molecule has 2 atom stereocenters. The molecule has 5 nitrogen and oxygen atoms in total. The van der Waals surface area contributed by atoms with E-state index < -0.39 is 0 Å². The van der Waals surface area contributed by atoms with Gasteiger partial charge in [-0.3, -0.25) is 4.79 Å². The van der Waals surface area contributed by atoms with E-state index in [-0.39, 0.29) is 5.91 Å². The molecular weight excluding hydrogens is 288 g/mol. The van der Waals surface area contributed by atoms with E-state index >= 15 is 0 Å². The fourth-order valence-corrected chi connectivity index (χ4v) is 3.69. The van der Waals surface area contributed by atoms with E-state index in [9.17, 15) is 4.79 Å². The lowest BCUT2D eigenvalue weighted by molar-refractivity contribution is -0.128. The van der Waals surface area contributed by atoms with Crippen LogP contribution in [-0.2, 0) is 4.79 Å². The average Bonchev–Trinajstić information content (AvgIpc) is 3.15. The van der Waals surface area contributed by atoms with Crippen LogP contribution in [0.5, 0.6) is 0 Å². The van der Waals surface area contributed by atoms with Crippen LogP contribution in [0.3, 0.4) is 0 Å². The SMILES string of the molecule is CC(=O)N1CC2CN(c3ccc(-c4ccccc4)nn3)CC2C1. The lowest BCUT2D eigenvalue weighted by Crippen LogP contribution is -2.32. The highest BCUT2D eigenvalue weighted by atomic mass is 16.2. The summed E-state index contributed by atoms with van der Waals surface area (Å²) in [5.41, 5.74) is 1.98. The number of rotatable bonds is 2. The first kappa shape index (κ1) is 14.2. The smallest absolute Gasteiger partial charge is 0.219 e. The van der Waals surface area contributed by atoms with Crippen molar-refractivity contribution in [3.8, 4) is 11.3 Å². The largest absolute Gasteiger partial charge is 0.354 e. The van der Waals surface area contributed by atoms with Crippen LogP contribution in [0.4, 0.5) is 5.82 Å². The van der Waals surface area contributed by atoms with Crippen molar-refractivity contribution < 1.29 is 4.79 Å². The second-order valence-electron chi connectivity index (χ2n) is 6.49. The predicted molar refractivity (Wildman–Crippen MR) is 88.9 cm³/mol. The van der Waals surface area contributed by atoms with E-state index in [4.69, 9.17) is 0 Å². The molecule has 0 bridgehead atoms. The normalized spacial score (nSPS) is 23.2. The van der Waals surface area contributed by atoms with Gasteiger partial charge in [0.2, 0.25) is 5.91 Å². The molecule has 4 rings (SSSR count). The number of anilines is 1. The van der Waals surface area contributed by atoms with Crippen LogP contribution in [0, 0.1) is 11.8 Å². The minimum atomic E-state index is 0.193. The summed E-state index contributed by atoms with van der Waals surface area (Å²) < 4.78 is 0. The molecule has 2 fully saturated rings. The summed E-state index contributed by atoms with van der Waals surface area (Å²) in [5.74, 6) is 2.26. The number of hydrogen-bond acceptors (Lipinski definition) is 4. The molecule has 0 aliphatic carbocycles. The number of aromatic nitrogens is 2. The maximum Gasteiger partial charge on any atom is 0.219 e. The van der Waals surface area contributed by atoms with Crippen LogP contribution < -0.4 is 4.90 Å². The van der Waals surface area contributed by atoms with E-state index in [2.05, 4.69) is 21.2 Å². The Morgan fingerprint density at radius 1 is 0.957 bits per heavy atom. The number of carbonyl (C=O) groups excluding carboxylic acids is 1. The maximum atomic E-state index is 11.5. The van der Waals surface area contributed by atoms with Crippen LogP contribution >= 0.6 is 0 Å². The molecule has 1 amide bonds. The summed E-state index contributed by atoms with van der Waals surface area (Å²) in [7, 11) is 0. The second kappa shape index (κ2) is 5.65. The van der Waals surface area contributed by atoms with Gasteiger partial charge >= 0.3 is 0 Å². The Morgan fingerprint density at radius 2 is 1.65 bits per heavy atom. The number of amides is 1. The number of hydrogen-bond donors (Lipinski definition) is 0. The standard InChI is InChI=1S/C18H20N4O/c1-13(23)21-9-15-11-22(12-16(15)10-21)18-8-7-17(19-20-18)14-5-3-2-4-6-14/h2-8,15-16H,9-12H2,1H3. The fourth-order valence-electron chi connectivity index (χ4n) is 3.69. The molecule has 0 N–H and O–H groups in total. The van der Waals surface area contributed by atoms with Gasteiger partial charge in [0.15, 0.2) is 5.82 Å². The van der Waals surface area contributed by atoms with Gasteiger partial charge in [-0.15, -0.1) is 10.2 Å². The Balaban J connectivity index is 1.46. The predicted octanol–water partition coefficient (Wildman–Crippen LogP) is 2.06. The Bertz CT molecular complexity index is 687. The first-order valence-electron chi connectivity index (χ1n) is 8.10. The number of fused-ring (bicyclic) bond motifs is 1. The van der Waals surface area contributed by atoms with Gasteiger partial charge in [-0.05, 0) is 12.1 Å². The molecule has 2 unspecified atom stereocenters. The van der Waals surface area contributed by atoms with Crippen molar-refractivity contribution in [2.75, 3.05) is 31.1 Å². The molecule has 0 radical (unpaired) electrons. The third-order valence-electron chi connectivity index (χ3n) is 4.98. The summed E-state index contributed by atoms with van der Waals surface area (Å²) >= 11 is 0. The highest BCUT2D eigenvalue weighted by Gasteiger charge is 2.41. The van der Waals surface area contributed by atoms with Crippen molar-refractivity contribution in [3.63, 3.8) is 0 Å². The number of nitrogens with zero attached hydrogens (tertiary/aromatic N) is 4. The zero-order valence-corrected chi connectivity index (χ0v) is 13.2. The van der Waals surface area contributed by atoms with Gasteiger partial charge in [0.25, 0.3) is 0 Å². The summed E-state index contributed by atoms with van der Waals surface area (Å²) in [6.45, 7) is 5.35. The number of carbonyl (C=O) groups is 1. The van der Waals surface area contributed by atoms with Gasteiger partial charge in [-0.2, -0.15) is 0 Å². The van der Waals surface area contributed by atoms with Crippen molar-refractivity contribution in [1.82, 2.24) is 15.1 Å². The van der Waals surface area contributed by atoms with Crippen molar-refractivity contribution >= 4 is 11.7 Å². The van der Waals surface area contributed by atoms with Gasteiger partial charge < -0.3 is 9.80 Å². The fraction of sp³-hybridized carbons (Fsp3) is 0.389. The minimum Gasteiger partial charge on any atom is -0.354 e. The van der Waals surface area contributed by atoms with Crippen LogP contribution in [0.2, 0.25) is 0 Å². The summed E-state index contributed by atoms with van der Waals surface area (Å²) in [4.78, 5) is 15.8. The van der Waals surface area contributed by atoms with Crippen LogP contribution in [0.25, 0.3) is 11.3 Å². The highest BCUT2D eigenvalue weighted by Crippen LogP contribution is 2.33. The van der Waals surface area contributed by atoms with E-state index in [0.29, 0.717) is 11.8 Å². The first-order valence-corrected chi connectivity index (χ1v) is 8.10. The zero-order valence-electron chi connectivity index (χ0n) is 13.2. The van der Waals surface area contributed by atoms with Gasteiger partial charge in [0, 0.05) is 50.5 Å². The molecule has 118 valence electrons. The zero-order chi connectivity index (χ0) is 15.8. The molecule has 0 saturated carbocycles. The van der Waals surface area contributed by atoms with Crippen molar-refractivity contribution in [2.24, 2.45) is 11.8 Å². The highest BCUT2D eigenvalue weighted by molar-refractivity contribution is 5.73. The molecule has 23 heavy (non-hydrogen) atoms. The summed E-state index contributed by atoms with van der Waals surface area (Å²) in [6, 6.07) is 14.2. The van der Waals surface area contributed by atoms with Gasteiger partial charge in [-0.1, -0.05) is 30.3 Å². The molecule has 2 aliphatic heterocycles. The third-order valence-corrected chi connectivity index (χ3v) is 4.98. The maximum absolute atomic E-state index is 11.5. The lowest BCUT2D eigenvalue weighted by atomic mass is 10.0. The molecule has 0 spiro atoms. The van der Waals surface area contributed by atoms with Gasteiger partial charge in [-0.25, -0.2) is 0 Å². The lowest BCUT2D eigenvalue weighted by Gasteiger charge is -2.21. The van der Waals surface area contributed by atoms with Gasteiger partial charge in [0.05, 0.1) is 5.69 Å². The Kier molecular flexibility index (Phi) is 3.48. The molecule has 1 aromatic carbocycles. The Hall–Kier alpha value is -2.43. The molecule has 5 heteroatoms. The molecule has 3 heterocycles. The second-order valence-corrected chi connectivity index (χ2v) is 6.49. The molecule has 2 aromatic rings. The quantitative estimate of drug-likeness (QED) is 0.852. The monoisotopic (exact) mass is 308 g/mol. The molecule has 2 saturated heterocycles. The minimum absolute atomic E-state index is 0.193. The Labute approximate surface area is 135 Å². The summed E-state index contributed by atoms with van der Waals surface area (Å²) in [5, 5.41) is 8.79. The van der Waals surface area contributed by atoms with Crippen molar-refractivity contribution in [3.05, 3.63) is 42.5 Å². The topological polar surface area (TPSA) is 49.3 Å². The third kappa shape index (κ3) is 2.67. The van der Waals surface area contributed by atoms with E-state index in [1.54, 1.807) is 6.92 Å². The number of benzene rings is 1. The molecular formula is C18H20N4O. The van der Waals surface area contributed by atoms with Crippen LogP contribution in [0.15, 0.2) is 42.5 Å². The molecule has 1 aromatic heterocycles. The van der Waals surface area contributed by atoms with Crippen molar-refractivity contribution in [1.29, 1.82) is 0 Å². The van der Waals surface area contributed by atoms with E-state index in [0.717, 1.165) is 43.3 Å². The van der Waals surface area contributed by atoms with Crippen molar-refractivity contribution in [2.45, 2.75) is 6.92 Å². The van der Waals surface area contributed by atoms with Crippen LogP contribution in [-0.4, -0.2) is 47.2 Å². The van der Waals surface area contributed by atoms with E-state index in [1.165, 1.54) is 0 Å². The first-order chi connectivity index (χ1) is 11.2. The number of likely N-dealkylation sites (tertiary alicyclic amines) is 1. The average molecular weight is 308 g/mol. The van der Waals surface area contributed by atoms with Crippen LogP contribution in [0.1, 0.15) is 6.92 Å². The molecule has 2 aliphatic rings. The Morgan fingerprint density at radius 3 is 2.22 bits per heavy atom. The summed E-state index contributed by atoms with van der Waals surface area (Å²) in [6.07, 6.45) is 0. The van der Waals surface area contributed by atoms with E-state index in [1.807, 2.05) is 41.3 Å². The van der Waals surface area contributed by atoms with Gasteiger partial charge in [0.1, 0.15) is 0 Å².